The minimum absolute atomic E-state index is 0.110. The van der Waals surface area contributed by atoms with Crippen molar-refractivity contribution in [3.05, 3.63) is 54.1 Å². The summed E-state index contributed by atoms with van der Waals surface area (Å²) in [5.74, 6) is 0.406. The van der Waals surface area contributed by atoms with Gasteiger partial charge in [0.05, 0.1) is 13.7 Å². The van der Waals surface area contributed by atoms with Gasteiger partial charge in [0.25, 0.3) is 5.91 Å². The molecule has 0 fully saturated rings. The van der Waals surface area contributed by atoms with Crippen molar-refractivity contribution in [2.45, 2.75) is 0 Å². The van der Waals surface area contributed by atoms with Crippen LogP contribution in [0.4, 0.5) is 11.4 Å². The molecule has 0 saturated carbocycles. The first-order valence-electron chi connectivity index (χ1n) is 7.49. The summed E-state index contributed by atoms with van der Waals surface area (Å²) >= 11 is 0. The smallest absolute Gasteiger partial charge is 0.253 e. The molecule has 0 aromatic heterocycles. The molecule has 0 bridgehead atoms. The molecular weight excluding hydrogens is 306 g/mol. The van der Waals surface area contributed by atoms with E-state index in [2.05, 4.69) is 10.6 Å². The maximum atomic E-state index is 12.1. The Kier molecular flexibility index (Phi) is 5.78. The van der Waals surface area contributed by atoms with Gasteiger partial charge in [-0.05, 0) is 30.3 Å². The zero-order valence-corrected chi connectivity index (χ0v) is 14.0. The second-order valence-electron chi connectivity index (χ2n) is 5.41. The van der Waals surface area contributed by atoms with E-state index in [-0.39, 0.29) is 18.4 Å². The number of rotatable bonds is 6. The number of anilines is 2. The Balaban J connectivity index is 1.94. The van der Waals surface area contributed by atoms with Crippen molar-refractivity contribution < 1.29 is 14.3 Å². The molecule has 2 aromatic carbocycles. The quantitative estimate of drug-likeness (QED) is 0.855. The van der Waals surface area contributed by atoms with Crippen molar-refractivity contribution >= 4 is 23.2 Å². The van der Waals surface area contributed by atoms with Gasteiger partial charge in [-0.1, -0.05) is 12.1 Å². The highest BCUT2D eigenvalue weighted by molar-refractivity contribution is 5.97. The molecule has 2 N–H and O–H groups in total. The molecule has 0 heterocycles. The lowest BCUT2D eigenvalue weighted by atomic mass is 10.2. The van der Waals surface area contributed by atoms with E-state index in [1.165, 1.54) is 4.90 Å². The van der Waals surface area contributed by atoms with E-state index < -0.39 is 0 Å². The third-order valence-electron chi connectivity index (χ3n) is 3.32. The van der Waals surface area contributed by atoms with Crippen LogP contribution in [0.2, 0.25) is 0 Å². The number of methoxy groups -OCH3 is 1. The monoisotopic (exact) mass is 327 g/mol. The van der Waals surface area contributed by atoms with E-state index in [4.69, 9.17) is 4.74 Å². The van der Waals surface area contributed by atoms with Crippen LogP contribution in [0.3, 0.4) is 0 Å². The molecule has 2 aromatic rings. The van der Waals surface area contributed by atoms with Crippen LogP contribution in [0.15, 0.2) is 48.5 Å². The maximum Gasteiger partial charge on any atom is 0.253 e. The topological polar surface area (TPSA) is 70.7 Å². The largest absolute Gasteiger partial charge is 0.497 e. The fourth-order valence-corrected chi connectivity index (χ4v) is 2.11. The highest BCUT2D eigenvalue weighted by atomic mass is 16.5. The number of hydrogen-bond acceptors (Lipinski definition) is 4. The first kappa shape index (κ1) is 17.3. The van der Waals surface area contributed by atoms with Crippen molar-refractivity contribution in [3.8, 4) is 5.75 Å². The fourth-order valence-electron chi connectivity index (χ4n) is 2.11. The number of ether oxygens (including phenoxy) is 1. The van der Waals surface area contributed by atoms with Crippen LogP contribution in [0.5, 0.6) is 5.75 Å². The van der Waals surface area contributed by atoms with Crippen molar-refractivity contribution in [3.63, 3.8) is 0 Å². The minimum atomic E-state index is -0.202. The van der Waals surface area contributed by atoms with Crippen LogP contribution in [0, 0.1) is 0 Å². The molecule has 0 aliphatic heterocycles. The molecular formula is C18H21N3O3. The van der Waals surface area contributed by atoms with Gasteiger partial charge in [0.2, 0.25) is 5.91 Å². The first-order chi connectivity index (χ1) is 11.5. The van der Waals surface area contributed by atoms with Crippen molar-refractivity contribution in [2.75, 3.05) is 38.4 Å². The number of carbonyl (C=O) groups is 2. The van der Waals surface area contributed by atoms with Gasteiger partial charge < -0.3 is 20.3 Å². The van der Waals surface area contributed by atoms with Gasteiger partial charge in [-0.3, -0.25) is 9.59 Å². The van der Waals surface area contributed by atoms with Gasteiger partial charge in [0.15, 0.2) is 0 Å². The van der Waals surface area contributed by atoms with Gasteiger partial charge in [-0.25, -0.2) is 0 Å². The Morgan fingerprint density at radius 1 is 1.04 bits per heavy atom. The SMILES string of the molecule is COc1cccc(NCC(=O)Nc2cccc(C(=O)N(C)C)c2)c1. The third kappa shape index (κ3) is 4.74. The summed E-state index contributed by atoms with van der Waals surface area (Å²) in [6.45, 7) is 0.110. The Bertz CT molecular complexity index is 729. The van der Waals surface area contributed by atoms with E-state index in [9.17, 15) is 9.59 Å². The maximum absolute atomic E-state index is 12.1. The van der Waals surface area contributed by atoms with Crippen LogP contribution in [0.1, 0.15) is 10.4 Å². The first-order valence-corrected chi connectivity index (χ1v) is 7.49. The van der Waals surface area contributed by atoms with E-state index in [1.807, 2.05) is 24.3 Å². The molecule has 0 radical (unpaired) electrons. The predicted octanol–water partition coefficient (Wildman–Crippen LogP) is 2.45. The number of amides is 2. The van der Waals surface area contributed by atoms with Gasteiger partial charge in [0, 0.05) is 37.1 Å². The van der Waals surface area contributed by atoms with Gasteiger partial charge in [-0.15, -0.1) is 0 Å². The molecule has 0 saturated heterocycles. The number of nitrogens with zero attached hydrogens (tertiary/aromatic N) is 1. The van der Waals surface area contributed by atoms with Crippen LogP contribution >= 0.6 is 0 Å². The lowest BCUT2D eigenvalue weighted by molar-refractivity contribution is -0.114. The number of hydrogen-bond donors (Lipinski definition) is 2. The van der Waals surface area contributed by atoms with Crippen molar-refractivity contribution in [2.24, 2.45) is 0 Å². The van der Waals surface area contributed by atoms with Gasteiger partial charge in [-0.2, -0.15) is 0 Å². The summed E-state index contributed by atoms with van der Waals surface area (Å²) in [6, 6.07) is 14.2. The Hall–Kier alpha value is -3.02. The van der Waals surface area contributed by atoms with Crippen LogP contribution in [0.25, 0.3) is 0 Å². The molecule has 2 rings (SSSR count). The summed E-state index contributed by atoms with van der Waals surface area (Å²) < 4.78 is 5.14. The summed E-state index contributed by atoms with van der Waals surface area (Å²) in [4.78, 5) is 25.5. The van der Waals surface area contributed by atoms with Gasteiger partial charge in [0.1, 0.15) is 5.75 Å². The highest BCUT2D eigenvalue weighted by Crippen LogP contribution is 2.16. The summed E-state index contributed by atoms with van der Waals surface area (Å²) in [7, 11) is 4.96. The molecule has 6 nitrogen and oxygen atoms in total. The van der Waals surface area contributed by atoms with E-state index in [1.54, 1.807) is 45.5 Å². The normalized spacial score (nSPS) is 9.96. The second-order valence-corrected chi connectivity index (χ2v) is 5.41. The van der Waals surface area contributed by atoms with Gasteiger partial charge >= 0.3 is 0 Å². The average molecular weight is 327 g/mol. The lowest BCUT2D eigenvalue weighted by Crippen LogP contribution is -2.23. The molecule has 0 unspecified atom stereocenters. The third-order valence-corrected chi connectivity index (χ3v) is 3.32. The predicted molar refractivity (Wildman–Crippen MR) is 94.6 cm³/mol. The van der Waals surface area contributed by atoms with E-state index >= 15 is 0 Å². The zero-order valence-electron chi connectivity index (χ0n) is 14.0. The lowest BCUT2D eigenvalue weighted by Gasteiger charge is -2.12. The van der Waals surface area contributed by atoms with Crippen LogP contribution in [-0.2, 0) is 4.79 Å². The molecule has 126 valence electrons. The number of nitrogens with one attached hydrogen (secondary N) is 2. The standard InChI is InChI=1S/C18H21N3O3/c1-21(2)18(23)13-6-4-8-15(10-13)20-17(22)12-19-14-7-5-9-16(11-14)24-3/h4-11,19H,12H2,1-3H3,(H,20,22). The molecule has 2 amide bonds. The Labute approximate surface area is 141 Å². The zero-order chi connectivity index (χ0) is 17.5. The summed E-state index contributed by atoms with van der Waals surface area (Å²) in [5, 5.41) is 5.80. The highest BCUT2D eigenvalue weighted by Gasteiger charge is 2.09. The Morgan fingerprint density at radius 2 is 1.75 bits per heavy atom. The molecule has 0 spiro atoms. The van der Waals surface area contributed by atoms with Crippen LogP contribution < -0.4 is 15.4 Å². The van der Waals surface area contributed by atoms with E-state index in [0.717, 1.165) is 11.4 Å². The molecule has 0 aliphatic carbocycles. The fraction of sp³-hybridized carbons (Fsp3) is 0.222. The Morgan fingerprint density at radius 3 is 2.46 bits per heavy atom. The molecule has 24 heavy (non-hydrogen) atoms. The van der Waals surface area contributed by atoms with E-state index in [0.29, 0.717) is 11.3 Å². The van der Waals surface area contributed by atoms with Crippen molar-refractivity contribution in [1.29, 1.82) is 0 Å². The van der Waals surface area contributed by atoms with Crippen molar-refractivity contribution in [1.82, 2.24) is 4.90 Å². The molecule has 0 aliphatic rings. The summed E-state index contributed by atoms with van der Waals surface area (Å²) in [5.41, 5.74) is 1.90. The minimum Gasteiger partial charge on any atom is -0.497 e. The number of benzene rings is 2. The molecule has 0 atom stereocenters. The summed E-state index contributed by atoms with van der Waals surface area (Å²) in [6.07, 6.45) is 0. The second kappa shape index (κ2) is 8.01. The van der Waals surface area contributed by atoms with Crippen LogP contribution in [-0.4, -0.2) is 44.5 Å². The molecule has 6 heteroatoms. The number of carbonyl (C=O) groups excluding carboxylic acids is 2. The average Bonchev–Trinajstić information content (AvgIpc) is 2.59.